The predicted octanol–water partition coefficient (Wildman–Crippen LogP) is 6.19. The van der Waals surface area contributed by atoms with E-state index >= 15 is 0 Å². The maximum Gasteiger partial charge on any atom is 0.313 e. The molecule has 3 heteroatoms. The van der Waals surface area contributed by atoms with E-state index in [2.05, 4.69) is 20.8 Å². The van der Waals surface area contributed by atoms with Gasteiger partial charge >= 0.3 is 11.9 Å². The first-order chi connectivity index (χ1) is 11.1. The lowest BCUT2D eigenvalue weighted by Crippen LogP contribution is -2.11. The minimum Gasteiger partial charge on any atom is -0.393 e. The fourth-order valence-corrected chi connectivity index (χ4v) is 2.63. The van der Waals surface area contributed by atoms with Gasteiger partial charge in [0.25, 0.3) is 0 Å². The summed E-state index contributed by atoms with van der Waals surface area (Å²) >= 11 is 0. The van der Waals surface area contributed by atoms with Crippen LogP contribution in [0.25, 0.3) is 0 Å². The third kappa shape index (κ3) is 17.3. The van der Waals surface area contributed by atoms with Crippen molar-refractivity contribution in [2.24, 2.45) is 5.92 Å². The van der Waals surface area contributed by atoms with Gasteiger partial charge in [0.15, 0.2) is 0 Å². The minimum absolute atomic E-state index is 0.344. The van der Waals surface area contributed by atoms with Crippen LogP contribution in [0.3, 0.4) is 0 Å². The Morgan fingerprint density at radius 2 is 1.13 bits per heavy atom. The SMILES string of the molecule is CCCCCCCCCC(=O)OC(=O)CCCCCCC(C)C. The van der Waals surface area contributed by atoms with E-state index in [4.69, 9.17) is 4.74 Å². The second-order valence-electron chi connectivity index (χ2n) is 7.06. The molecule has 0 aromatic carbocycles. The Balaban J connectivity index is 3.39. The van der Waals surface area contributed by atoms with Gasteiger partial charge in [0.2, 0.25) is 0 Å². The standard InChI is InChI=1S/C20H38O3/c1-4-5-6-7-8-9-13-16-19(21)23-20(22)17-14-11-10-12-15-18(2)3/h18H,4-17H2,1-3H3. The maximum atomic E-state index is 11.6. The molecular weight excluding hydrogens is 288 g/mol. The molecule has 0 radical (unpaired) electrons. The minimum atomic E-state index is -0.346. The normalized spacial score (nSPS) is 11.0. The number of hydrogen-bond donors (Lipinski definition) is 0. The molecule has 0 unspecified atom stereocenters. The summed E-state index contributed by atoms with van der Waals surface area (Å²) in [5.74, 6) is 0.0643. The van der Waals surface area contributed by atoms with Crippen molar-refractivity contribution in [2.75, 3.05) is 0 Å². The highest BCUT2D eigenvalue weighted by Gasteiger charge is 2.09. The third-order valence-corrected chi connectivity index (χ3v) is 4.12. The lowest BCUT2D eigenvalue weighted by molar-refractivity contribution is -0.159. The highest BCUT2D eigenvalue weighted by atomic mass is 16.6. The van der Waals surface area contributed by atoms with Gasteiger partial charge in [-0.3, -0.25) is 9.59 Å². The molecule has 0 aromatic rings. The monoisotopic (exact) mass is 326 g/mol. The van der Waals surface area contributed by atoms with Crippen molar-refractivity contribution < 1.29 is 14.3 Å². The number of carbonyl (C=O) groups is 2. The Morgan fingerprint density at radius 1 is 0.696 bits per heavy atom. The Morgan fingerprint density at radius 3 is 1.61 bits per heavy atom. The van der Waals surface area contributed by atoms with Crippen LogP contribution in [0.5, 0.6) is 0 Å². The number of carbonyl (C=O) groups excluding carboxylic acids is 2. The summed E-state index contributed by atoms with van der Waals surface area (Å²) in [5.41, 5.74) is 0. The van der Waals surface area contributed by atoms with Gasteiger partial charge in [-0.15, -0.1) is 0 Å². The van der Waals surface area contributed by atoms with E-state index in [9.17, 15) is 9.59 Å². The van der Waals surface area contributed by atoms with Crippen LogP contribution in [0.2, 0.25) is 0 Å². The van der Waals surface area contributed by atoms with Gasteiger partial charge in [0.05, 0.1) is 0 Å². The summed E-state index contributed by atoms with van der Waals surface area (Å²) in [5, 5.41) is 0. The zero-order valence-corrected chi connectivity index (χ0v) is 15.7. The first kappa shape index (κ1) is 22.1. The Labute approximate surface area is 143 Å². The van der Waals surface area contributed by atoms with Crippen LogP contribution in [0.1, 0.15) is 111 Å². The van der Waals surface area contributed by atoms with Crippen LogP contribution in [-0.4, -0.2) is 11.9 Å². The quantitative estimate of drug-likeness (QED) is 0.204. The van der Waals surface area contributed by atoms with Gasteiger partial charge in [-0.1, -0.05) is 85.0 Å². The Hall–Kier alpha value is -0.860. The number of rotatable bonds is 15. The molecule has 0 N–H and O–H groups in total. The molecule has 0 rings (SSSR count). The largest absolute Gasteiger partial charge is 0.393 e. The molecule has 0 bridgehead atoms. The van der Waals surface area contributed by atoms with E-state index in [1.54, 1.807) is 0 Å². The molecule has 0 saturated heterocycles. The third-order valence-electron chi connectivity index (χ3n) is 4.12. The zero-order chi connectivity index (χ0) is 17.3. The predicted molar refractivity (Wildman–Crippen MR) is 96.2 cm³/mol. The topological polar surface area (TPSA) is 43.4 Å². The van der Waals surface area contributed by atoms with Crippen molar-refractivity contribution in [3.63, 3.8) is 0 Å². The van der Waals surface area contributed by atoms with Gasteiger partial charge in [-0.05, 0) is 18.8 Å². The summed E-state index contributed by atoms with van der Waals surface area (Å²) in [7, 11) is 0. The van der Waals surface area contributed by atoms with E-state index in [1.165, 1.54) is 44.9 Å². The van der Waals surface area contributed by atoms with Crippen molar-refractivity contribution in [1.29, 1.82) is 0 Å². The average molecular weight is 327 g/mol. The van der Waals surface area contributed by atoms with Crippen molar-refractivity contribution in [3.8, 4) is 0 Å². The van der Waals surface area contributed by atoms with Gasteiger partial charge < -0.3 is 4.74 Å². The molecule has 0 saturated carbocycles. The fourth-order valence-electron chi connectivity index (χ4n) is 2.63. The summed E-state index contributed by atoms with van der Waals surface area (Å²) in [4.78, 5) is 23.1. The van der Waals surface area contributed by atoms with E-state index in [0.29, 0.717) is 12.8 Å². The molecule has 136 valence electrons. The molecule has 0 fully saturated rings. The zero-order valence-electron chi connectivity index (χ0n) is 15.7. The molecule has 0 aliphatic heterocycles. The highest BCUT2D eigenvalue weighted by molar-refractivity contribution is 5.85. The molecule has 0 atom stereocenters. The van der Waals surface area contributed by atoms with Crippen molar-refractivity contribution in [1.82, 2.24) is 0 Å². The van der Waals surface area contributed by atoms with E-state index in [-0.39, 0.29) is 11.9 Å². The van der Waals surface area contributed by atoms with Crippen molar-refractivity contribution in [2.45, 2.75) is 111 Å². The van der Waals surface area contributed by atoms with Crippen LogP contribution in [0.15, 0.2) is 0 Å². The van der Waals surface area contributed by atoms with E-state index in [0.717, 1.165) is 38.0 Å². The number of ether oxygens (including phenoxy) is 1. The number of hydrogen-bond acceptors (Lipinski definition) is 3. The Kier molecular flexibility index (Phi) is 15.4. The highest BCUT2D eigenvalue weighted by Crippen LogP contribution is 2.12. The second-order valence-corrected chi connectivity index (χ2v) is 7.06. The fraction of sp³-hybridized carbons (Fsp3) is 0.900. The number of esters is 2. The first-order valence-corrected chi connectivity index (χ1v) is 9.79. The van der Waals surface area contributed by atoms with Crippen molar-refractivity contribution in [3.05, 3.63) is 0 Å². The van der Waals surface area contributed by atoms with E-state index < -0.39 is 0 Å². The Bertz CT molecular complexity index is 297. The summed E-state index contributed by atoms with van der Waals surface area (Å²) in [6.07, 6.45) is 14.5. The molecule has 23 heavy (non-hydrogen) atoms. The smallest absolute Gasteiger partial charge is 0.313 e. The average Bonchev–Trinajstić information content (AvgIpc) is 2.49. The van der Waals surface area contributed by atoms with Crippen LogP contribution < -0.4 is 0 Å². The summed E-state index contributed by atoms with van der Waals surface area (Å²) in [6.45, 7) is 6.67. The summed E-state index contributed by atoms with van der Waals surface area (Å²) < 4.78 is 4.86. The number of unbranched alkanes of at least 4 members (excludes halogenated alkanes) is 9. The summed E-state index contributed by atoms with van der Waals surface area (Å²) in [6, 6.07) is 0. The van der Waals surface area contributed by atoms with Crippen LogP contribution >= 0.6 is 0 Å². The van der Waals surface area contributed by atoms with Gasteiger partial charge in [0.1, 0.15) is 0 Å². The molecular formula is C20H38O3. The first-order valence-electron chi connectivity index (χ1n) is 9.79. The molecule has 0 aliphatic rings. The lowest BCUT2D eigenvalue weighted by Gasteiger charge is -2.05. The van der Waals surface area contributed by atoms with Gasteiger partial charge in [0, 0.05) is 12.8 Å². The second kappa shape index (κ2) is 16.0. The molecule has 0 amide bonds. The maximum absolute atomic E-state index is 11.6. The van der Waals surface area contributed by atoms with E-state index in [1.807, 2.05) is 0 Å². The van der Waals surface area contributed by atoms with Crippen LogP contribution in [0, 0.1) is 5.92 Å². The molecule has 0 aromatic heterocycles. The lowest BCUT2D eigenvalue weighted by atomic mass is 10.0. The van der Waals surface area contributed by atoms with Gasteiger partial charge in [-0.2, -0.15) is 0 Å². The van der Waals surface area contributed by atoms with Crippen molar-refractivity contribution >= 4 is 11.9 Å². The molecule has 0 spiro atoms. The van der Waals surface area contributed by atoms with Crippen LogP contribution in [0.4, 0.5) is 0 Å². The molecule has 0 aliphatic carbocycles. The molecule has 0 heterocycles. The molecule has 3 nitrogen and oxygen atoms in total. The van der Waals surface area contributed by atoms with Gasteiger partial charge in [-0.25, -0.2) is 0 Å². The van der Waals surface area contributed by atoms with Crippen LogP contribution in [-0.2, 0) is 14.3 Å².